The van der Waals surface area contributed by atoms with Crippen LogP contribution in [-0.2, 0) is 10.8 Å². The number of rotatable bonds is 1. The standard InChI is InChI=1S/C18H28/c1-12-10-14(17(2,3)4)16(13-8-9-13)15(11-12)18(5,6)7/h10-11,13H,8-9H2,1-7H3. The summed E-state index contributed by atoms with van der Waals surface area (Å²) in [6, 6.07) is 4.84. The lowest BCUT2D eigenvalue weighted by Crippen LogP contribution is -2.21. The van der Waals surface area contributed by atoms with Crippen molar-refractivity contribution >= 4 is 0 Å². The molecule has 0 aliphatic heterocycles. The molecule has 0 radical (unpaired) electrons. The van der Waals surface area contributed by atoms with Gasteiger partial charge in [0.25, 0.3) is 0 Å². The Morgan fingerprint density at radius 1 is 0.833 bits per heavy atom. The van der Waals surface area contributed by atoms with Crippen LogP contribution in [0.5, 0.6) is 0 Å². The zero-order valence-electron chi connectivity index (χ0n) is 13.1. The minimum atomic E-state index is 0.254. The Hall–Kier alpha value is -0.780. The van der Waals surface area contributed by atoms with Gasteiger partial charge in [-0.2, -0.15) is 0 Å². The van der Waals surface area contributed by atoms with E-state index in [1.165, 1.54) is 18.4 Å². The molecule has 1 saturated carbocycles. The van der Waals surface area contributed by atoms with Gasteiger partial charge in [0.2, 0.25) is 0 Å². The summed E-state index contributed by atoms with van der Waals surface area (Å²) in [7, 11) is 0. The van der Waals surface area contributed by atoms with Crippen molar-refractivity contribution < 1.29 is 0 Å². The zero-order valence-corrected chi connectivity index (χ0v) is 13.1. The van der Waals surface area contributed by atoms with Crippen molar-refractivity contribution in [1.82, 2.24) is 0 Å². The van der Waals surface area contributed by atoms with Gasteiger partial charge in [0.05, 0.1) is 0 Å². The molecule has 0 amide bonds. The molecule has 0 N–H and O–H groups in total. The predicted molar refractivity (Wildman–Crippen MR) is 80.6 cm³/mol. The molecule has 1 aliphatic carbocycles. The van der Waals surface area contributed by atoms with E-state index in [1.807, 2.05) is 0 Å². The van der Waals surface area contributed by atoms with Crippen LogP contribution in [0.1, 0.15) is 82.6 Å². The maximum atomic E-state index is 2.42. The first-order valence-electron chi connectivity index (χ1n) is 7.26. The van der Waals surface area contributed by atoms with Gasteiger partial charge in [0, 0.05) is 0 Å². The van der Waals surface area contributed by atoms with Crippen LogP contribution in [0.25, 0.3) is 0 Å². The smallest absolute Gasteiger partial charge is 0.0129 e. The second-order valence-corrected chi connectivity index (χ2v) is 8.05. The molecule has 0 aromatic heterocycles. The van der Waals surface area contributed by atoms with Gasteiger partial charge < -0.3 is 0 Å². The average Bonchev–Trinajstić information content (AvgIpc) is 2.96. The van der Waals surface area contributed by atoms with Gasteiger partial charge in [-0.1, -0.05) is 59.2 Å². The van der Waals surface area contributed by atoms with E-state index >= 15 is 0 Å². The third-order valence-corrected chi connectivity index (χ3v) is 3.93. The first-order chi connectivity index (χ1) is 8.10. The maximum Gasteiger partial charge on any atom is -0.0129 e. The van der Waals surface area contributed by atoms with Crippen LogP contribution < -0.4 is 0 Å². The second-order valence-electron chi connectivity index (χ2n) is 8.05. The van der Waals surface area contributed by atoms with Crippen LogP contribution in [0.3, 0.4) is 0 Å². The minimum absolute atomic E-state index is 0.254. The van der Waals surface area contributed by atoms with Gasteiger partial charge in [-0.15, -0.1) is 0 Å². The average molecular weight is 244 g/mol. The highest BCUT2D eigenvalue weighted by atomic mass is 14.4. The van der Waals surface area contributed by atoms with E-state index < -0.39 is 0 Å². The molecule has 1 aromatic carbocycles. The Morgan fingerprint density at radius 3 is 1.50 bits per heavy atom. The van der Waals surface area contributed by atoms with Gasteiger partial charge in [-0.25, -0.2) is 0 Å². The summed E-state index contributed by atoms with van der Waals surface area (Å²) in [5.74, 6) is 0.828. The van der Waals surface area contributed by atoms with Gasteiger partial charge in [-0.3, -0.25) is 0 Å². The molecule has 0 heteroatoms. The number of benzene rings is 1. The molecule has 1 fully saturated rings. The summed E-state index contributed by atoms with van der Waals surface area (Å²) in [6.45, 7) is 16.3. The molecule has 0 nitrogen and oxygen atoms in total. The first kappa shape index (κ1) is 13.6. The van der Waals surface area contributed by atoms with Crippen molar-refractivity contribution in [3.05, 3.63) is 34.4 Å². The molecule has 18 heavy (non-hydrogen) atoms. The number of aryl methyl sites for hydroxylation is 1. The van der Waals surface area contributed by atoms with Gasteiger partial charge >= 0.3 is 0 Å². The van der Waals surface area contributed by atoms with Crippen LogP contribution in [0.2, 0.25) is 0 Å². The molecule has 0 atom stereocenters. The zero-order chi connectivity index (χ0) is 13.7. The van der Waals surface area contributed by atoms with E-state index in [2.05, 4.69) is 60.6 Å². The van der Waals surface area contributed by atoms with Crippen molar-refractivity contribution in [3.63, 3.8) is 0 Å². The summed E-state index contributed by atoms with van der Waals surface area (Å²) in [6.07, 6.45) is 2.77. The molecule has 0 bridgehead atoms. The number of hydrogen-bond acceptors (Lipinski definition) is 0. The van der Waals surface area contributed by atoms with E-state index in [1.54, 1.807) is 16.7 Å². The minimum Gasteiger partial charge on any atom is -0.0561 e. The predicted octanol–water partition coefficient (Wildman–Crippen LogP) is 5.47. The Kier molecular flexibility index (Phi) is 3.12. The third-order valence-electron chi connectivity index (χ3n) is 3.93. The van der Waals surface area contributed by atoms with Crippen molar-refractivity contribution in [2.24, 2.45) is 0 Å². The van der Waals surface area contributed by atoms with Crippen molar-refractivity contribution in [2.45, 2.75) is 78.1 Å². The largest absolute Gasteiger partial charge is 0.0561 e. The van der Waals surface area contributed by atoms with Gasteiger partial charge in [-0.05, 0) is 53.2 Å². The Morgan fingerprint density at radius 2 is 1.22 bits per heavy atom. The lowest BCUT2D eigenvalue weighted by Gasteiger charge is -2.31. The van der Waals surface area contributed by atoms with E-state index in [0.717, 1.165) is 5.92 Å². The van der Waals surface area contributed by atoms with E-state index in [9.17, 15) is 0 Å². The highest BCUT2D eigenvalue weighted by Gasteiger charge is 2.34. The van der Waals surface area contributed by atoms with E-state index in [0.29, 0.717) is 0 Å². The van der Waals surface area contributed by atoms with Crippen LogP contribution in [-0.4, -0.2) is 0 Å². The molecule has 1 aliphatic rings. The number of hydrogen-bond donors (Lipinski definition) is 0. The Bertz CT molecular complexity index is 413. The first-order valence-corrected chi connectivity index (χ1v) is 7.26. The molecular weight excluding hydrogens is 216 g/mol. The van der Waals surface area contributed by atoms with Crippen LogP contribution in [0.4, 0.5) is 0 Å². The summed E-state index contributed by atoms with van der Waals surface area (Å²) >= 11 is 0. The normalized spacial score (nSPS) is 17.1. The van der Waals surface area contributed by atoms with Crippen molar-refractivity contribution in [2.75, 3.05) is 0 Å². The molecule has 0 spiro atoms. The summed E-state index contributed by atoms with van der Waals surface area (Å²) in [5, 5.41) is 0. The monoisotopic (exact) mass is 244 g/mol. The van der Waals surface area contributed by atoms with E-state index in [4.69, 9.17) is 0 Å². The topological polar surface area (TPSA) is 0 Å². The summed E-state index contributed by atoms with van der Waals surface area (Å²) in [4.78, 5) is 0. The molecule has 1 aromatic rings. The lowest BCUT2D eigenvalue weighted by atomic mass is 9.74. The quantitative estimate of drug-likeness (QED) is 0.614. The third kappa shape index (κ3) is 2.63. The maximum absolute atomic E-state index is 2.42. The molecule has 0 unspecified atom stereocenters. The summed E-state index contributed by atoms with van der Waals surface area (Å²) < 4.78 is 0. The van der Waals surface area contributed by atoms with Crippen molar-refractivity contribution in [1.29, 1.82) is 0 Å². The highest BCUT2D eigenvalue weighted by molar-refractivity contribution is 5.49. The van der Waals surface area contributed by atoms with Crippen molar-refractivity contribution in [3.8, 4) is 0 Å². The molecule has 100 valence electrons. The fourth-order valence-corrected chi connectivity index (χ4v) is 2.85. The Balaban J connectivity index is 2.70. The van der Waals surface area contributed by atoms with Crippen LogP contribution in [0, 0.1) is 6.92 Å². The highest BCUT2D eigenvalue weighted by Crippen LogP contribution is 2.48. The fraction of sp³-hybridized carbons (Fsp3) is 0.667. The summed E-state index contributed by atoms with van der Waals surface area (Å²) in [5.41, 5.74) is 6.74. The molecule has 2 rings (SSSR count). The van der Waals surface area contributed by atoms with Crippen LogP contribution >= 0.6 is 0 Å². The van der Waals surface area contributed by atoms with Gasteiger partial charge in [0.1, 0.15) is 0 Å². The van der Waals surface area contributed by atoms with Gasteiger partial charge in [0.15, 0.2) is 0 Å². The fourth-order valence-electron chi connectivity index (χ4n) is 2.85. The lowest BCUT2D eigenvalue weighted by molar-refractivity contribution is 0.554. The molecule has 0 heterocycles. The SMILES string of the molecule is Cc1cc(C(C)(C)C)c(C2CC2)c(C(C)(C)C)c1. The van der Waals surface area contributed by atoms with Crippen LogP contribution in [0.15, 0.2) is 12.1 Å². The second kappa shape index (κ2) is 4.11. The van der Waals surface area contributed by atoms with E-state index in [-0.39, 0.29) is 10.8 Å². The molecular formula is C18H28. The molecule has 0 saturated heterocycles. The Labute approximate surface area is 113 Å².